The van der Waals surface area contributed by atoms with Gasteiger partial charge in [0.05, 0.1) is 0 Å². The Kier molecular flexibility index (Phi) is 11.0. The number of carbonyl (C=O) groups is 1. The van der Waals surface area contributed by atoms with Crippen molar-refractivity contribution >= 4 is 5.91 Å². The summed E-state index contributed by atoms with van der Waals surface area (Å²) in [4.78, 5) is 14.7. The van der Waals surface area contributed by atoms with Crippen molar-refractivity contribution in [3.05, 3.63) is 29.8 Å². The lowest BCUT2D eigenvalue weighted by atomic mass is 10.1. The van der Waals surface area contributed by atoms with Crippen LogP contribution < -0.4 is 0 Å². The summed E-state index contributed by atoms with van der Waals surface area (Å²) in [6, 6.07) is 7.17. The van der Waals surface area contributed by atoms with E-state index in [-0.39, 0.29) is 11.7 Å². The molecule has 1 N–H and O–H groups in total. The summed E-state index contributed by atoms with van der Waals surface area (Å²) in [5.74, 6) is 0.551. The Bertz CT molecular complexity index is 430. The first-order chi connectivity index (χ1) is 11.7. The number of unbranched alkanes of at least 4 members (excludes halogenated alkanes) is 6. The first-order valence-corrected chi connectivity index (χ1v) is 9.73. The van der Waals surface area contributed by atoms with Crippen LogP contribution in [0.1, 0.15) is 77.2 Å². The summed E-state index contributed by atoms with van der Waals surface area (Å²) in [6.07, 6.45) is 10.9. The third-order valence-electron chi connectivity index (χ3n) is 4.48. The van der Waals surface area contributed by atoms with Gasteiger partial charge in [-0.2, -0.15) is 0 Å². The number of aryl methyl sites for hydroxylation is 1. The van der Waals surface area contributed by atoms with Crippen molar-refractivity contribution in [2.45, 2.75) is 78.1 Å². The highest BCUT2D eigenvalue weighted by Crippen LogP contribution is 2.13. The van der Waals surface area contributed by atoms with E-state index in [0.717, 1.165) is 37.9 Å². The van der Waals surface area contributed by atoms with Gasteiger partial charge in [0.2, 0.25) is 5.91 Å². The van der Waals surface area contributed by atoms with Crippen LogP contribution in [0.2, 0.25) is 0 Å². The highest BCUT2D eigenvalue weighted by atomic mass is 16.3. The Hall–Kier alpha value is -1.51. The minimum absolute atomic E-state index is 0.274. The molecule has 0 aromatic heterocycles. The Labute approximate surface area is 148 Å². The van der Waals surface area contributed by atoms with E-state index >= 15 is 0 Å². The number of hydrogen-bond acceptors (Lipinski definition) is 2. The Morgan fingerprint density at radius 2 is 1.42 bits per heavy atom. The van der Waals surface area contributed by atoms with E-state index in [1.54, 1.807) is 12.1 Å². The first-order valence-electron chi connectivity index (χ1n) is 9.73. The number of benzene rings is 1. The van der Waals surface area contributed by atoms with E-state index in [1.807, 2.05) is 12.1 Å². The Morgan fingerprint density at radius 3 is 1.92 bits per heavy atom. The van der Waals surface area contributed by atoms with Gasteiger partial charge in [0.15, 0.2) is 0 Å². The van der Waals surface area contributed by atoms with Gasteiger partial charge in [0.1, 0.15) is 5.75 Å². The van der Waals surface area contributed by atoms with Crippen molar-refractivity contribution in [1.82, 2.24) is 4.90 Å². The average molecular weight is 334 g/mol. The molecule has 0 atom stereocenters. The van der Waals surface area contributed by atoms with Gasteiger partial charge in [0, 0.05) is 19.5 Å². The zero-order valence-corrected chi connectivity index (χ0v) is 15.6. The number of hydrogen-bond donors (Lipinski definition) is 1. The van der Waals surface area contributed by atoms with E-state index < -0.39 is 0 Å². The summed E-state index contributed by atoms with van der Waals surface area (Å²) >= 11 is 0. The van der Waals surface area contributed by atoms with Crippen LogP contribution >= 0.6 is 0 Å². The Morgan fingerprint density at radius 1 is 0.875 bits per heavy atom. The molecule has 0 aliphatic carbocycles. The van der Waals surface area contributed by atoms with Crippen LogP contribution in [-0.4, -0.2) is 29.0 Å². The summed E-state index contributed by atoms with van der Waals surface area (Å²) < 4.78 is 0. The summed E-state index contributed by atoms with van der Waals surface area (Å²) in [6.45, 7) is 6.23. The molecule has 24 heavy (non-hydrogen) atoms. The molecule has 0 fully saturated rings. The van der Waals surface area contributed by atoms with E-state index in [1.165, 1.54) is 38.5 Å². The van der Waals surface area contributed by atoms with Crippen LogP contribution in [0.3, 0.4) is 0 Å². The zero-order valence-electron chi connectivity index (χ0n) is 15.6. The van der Waals surface area contributed by atoms with Gasteiger partial charge in [0.25, 0.3) is 0 Å². The topological polar surface area (TPSA) is 40.5 Å². The molecule has 1 aromatic carbocycles. The molecule has 0 radical (unpaired) electrons. The van der Waals surface area contributed by atoms with Crippen molar-refractivity contribution in [2.75, 3.05) is 13.1 Å². The number of carbonyl (C=O) groups excluding carboxylic acids is 1. The van der Waals surface area contributed by atoms with E-state index in [0.29, 0.717) is 6.42 Å². The van der Waals surface area contributed by atoms with Crippen molar-refractivity contribution in [2.24, 2.45) is 0 Å². The fourth-order valence-electron chi connectivity index (χ4n) is 2.89. The summed E-state index contributed by atoms with van der Waals surface area (Å²) in [5, 5.41) is 9.33. The van der Waals surface area contributed by atoms with E-state index in [2.05, 4.69) is 18.7 Å². The van der Waals surface area contributed by atoms with Crippen molar-refractivity contribution in [3.8, 4) is 5.75 Å². The second-order valence-electron chi connectivity index (χ2n) is 6.67. The predicted octanol–water partition coefficient (Wildman–Crippen LogP) is 5.31. The molecule has 0 aliphatic rings. The molecule has 3 heteroatoms. The maximum absolute atomic E-state index is 12.6. The van der Waals surface area contributed by atoms with Crippen LogP contribution in [0, 0.1) is 0 Å². The summed E-state index contributed by atoms with van der Waals surface area (Å²) in [5.41, 5.74) is 1.11. The number of rotatable bonds is 13. The molecule has 1 amide bonds. The van der Waals surface area contributed by atoms with Gasteiger partial charge in [-0.25, -0.2) is 0 Å². The number of aromatic hydroxyl groups is 1. The molecule has 0 saturated carbocycles. The lowest BCUT2D eigenvalue weighted by molar-refractivity contribution is -0.131. The number of phenolic OH excluding ortho intramolecular Hbond substituents is 1. The number of phenols is 1. The minimum Gasteiger partial charge on any atom is -0.508 e. The molecule has 136 valence electrons. The first kappa shape index (κ1) is 20.5. The third kappa shape index (κ3) is 8.95. The van der Waals surface area contributed by atoms with Crippen LogP contribution in [0.5, 0.6) is 5.75 Å². The third-order valence-corrected chi connectivity index (χ3v) is 4.48. The van der Waals surface area contributed by atoms with Crippen LogP contribution in [0.15, 0.2) is 24.3 Å². The highest BCUT2D eigenvalue weighted by Gasteiger charge is 2.13. The number of amides is 1. The van der Waals surface area contributed by atoms with E-state index in [9.17, 15) is 9.90 Å². The molecule has 0 heterocycles. The standard InChI is InChI=1S/C21H35NO2/c1-3-5-7-9-17-22(18-10-8-6-4-2)21(24)16-13-19-11-14-20(23)15-12-19/h11-12,14-15,23H,3-10,13,16-18H2,1-2H3. The lowest BCUT2D eigenvalue weighted by Crippen LogP contribution is -2.33. The Balaban J connectivity index is 2.42. The molecule has 0 bridgehead atoms. The number of nitrogens with zero attached hydrogens (tertiary/aromatic N) is 1. The monoisotopic (exact) mass is 333 g/mol. The van der Waals surface area contributed by atoms with Gasteiger partial charge in [-0.3, -0.25) is 4.79 Å². The second kappa shape index (κ2) is 12.9. The van der Waals surface area contributed by atoms with Gasteiger partial charge in [-0.15, -0.1) is 0 Å². The van der Waals surface area contributed by atoms with Crippen molar-refractivity contribution in [3.63, 3.8) is 0 Å². The lowest BCUT2D eigenvalue weighted by Gasteiger charge is -2.23. The normalized spacial score (nSPS) is 10.8. The van der Waals surface area contributed by atoms with Crippen LogP contribution in [-0.2, 0) is 11.2 Å². The average Bonchev–Trinajstić information content (AvgIpc) is 2.59. The largest absolute Gasteiger partial charge is 0.508 e. The van der Waals surface area contributed by atoms with Crippen molar-refractivity contribution in [1.29, 1.82) is 0 Å². The fraction of sp³-hybridized carbons (Fsp3) is 0.667. The van der Waals surface area contributed by atoms with Gasteiger partial charge < -0.3 is 10.0 Å². The maximum Gasteiger partial charge on any atom is 0.222 e. The second-order valence-corrected chi connectivity index (χ2v) is 6.67. The maximum atomic E-state index is 12.6. The SMILES string of the molecule is CCCCCCN(CCCCCC)C(=O)CCc1ccc(O)cc1. The highest BCUT2D eigenvalue weighted by molar-refractivity contribution is 5.76. The quantitative estimate of drug-likeness (QED) is 0.497. The molecule has 0 aliphatic heterocycles. The van der Waals surface area contributed by atoms with Gasteiger partial charge >= 0.3 is 0 Å². The molecular formula is C21H35NO2. The molecule has 3 nitrogen and oxygen atoms in total. The van der Waals surface area contributed by atoms with Gasteiger partial charge in [-0.05, 0) is 37.0 Å². The molecule has 1 rings (SSSR count). The van der Waals surface area contributed by atoms with Crippen molar-refractivity contribution < 1.29 is 9.90 Å². The molecule has 0 saturated heterocycles. The molecule has 0 unspecified atom stereocenters. The smallest absolute Gasteiger partial charge is 0.222 e. The van der Waals surface area contributed by atoms with E-state index in [4.69, 9.17) is 0 Å². The summed E-state index contributed by atoms with van der Waals surface area (Å²) in [7, 11) is 0. The molecule has 1 aromatic rings. The van der Waals surface area contributed by atoms with Gasteiger partial charge in [-0.1, -0.05) is 64.5 Å². The fourth-order valence-corrected chi connectivity index (χ4v) is 2.89. The zero-order chi connectivity index (χ0) is 17.6. The molecule has 0 spiro atoms. The van der Waals surface area contributed by atoms with Crippen LogP contribution in [0.25, 0.3) is 0 Å². The minimum atomic E-state index is 0.274. The van der Waals surface area contributed by atoms with Crippen LogP contribution in [0.4, 0.5) is 0 Å². The predicted molar refractivity (Wildman–Crippen MR) is 101 cm³/mol. The molecular weight excluding hydrogens is 298 g/mol.